The van der Waals surface area contributed by atoms with Gasteiger partial charge in [0.25, 0.3) is 0 Å². The lowest BCUT2D eigenvalue weighted by molar-refractivity contribution is -0.116. The van der Waals surface area contributed by atoms with E-state index in [1.165, 1.54) is 22.7 Å². The number of anilines is 4. The fourth-order valence-corrected chi connectivity index (χ4v) is 8.04. The summed E-state index contributed by atoms with van der Waals surface area (Å²) in [5.74, 6) is 1.78. The Balaban J connectivity index is 0.893. The second-order valence-corrected chi connectivity index (χ2v) is 14.4. The van der Waals surface area contributed by atoms with E-state index in [9.17, 15) is 9.59 Å². The first-order chi connectivity index (χ1) is 23.4. The van der Waals surface area contributed by atoms with Gasteiger partial charge in [0.15, 0.2) is 0 Å². The standard InChI is InChI=1S/C32H38N10O4S2/c1-45-23-15-41(16-23)25-10-4-8-21(33-25)13-27(43)35-31-39-37-29(47-31)19-6-3-7-20(12-19)30-38-40-32(48-30)36-28(44)14-22-9-5-11-26(34-22)42-17-24(18-42)46-2/h4-5,8-11,19-20,23-24H,3,6-7,12-18H2,1-2H3,(H,35,39,43)(H,36,40,44)/t19-,20?/m0/s1. The zero-order valence-electron chi connectivity index (χ0n) is 26.9. The molecule has 48 heavy (non-hydrogen) atoms. The third-order valence-corrected chi connectivity index (χ3v) is 11.0. The van der Waals surface area contributed by atoms with Crippen LogP contribution in [0.4, 0.5) is 21.9 Å². The molecule has 4 aromatic heterocycles. The topological polar surface area (TPSA) is 160 Å². The molecular weight excluding hydrogens is 653 g/mol. The predicted octanol–water partition coefficient (Wildman–Crippen LogP) is 3.65. The minimum absolute atomic E-state index is 0.155. The number of aromatic nitrogens is 6. The molecule has 252 valence electrons. The van der Waals surface area contributed by atoms with Crippen LogP contribution < -0.4 is 20.4 Å². The molecule has 4 aromatic rings. The lowest BCUT2D eigenvalue weighted by Gasteiger charge is -2.39. The first-order valence-electron chi connectivity index (χ1n) is 16.2. The van der Waals surface area contributed by atoms with Crippen molar-refractivity contribution in [1.29, 1.82) is 0 Å². The Bertz CT molecular complexity index is 1610. The van der Waals surface area contributed by atoms with E-state index in [2.05, 4.69) is 50.8 Å². The molecule has 3 fully saturated rings. The smallest absolute Gasteiger partial charge is 0.232 e. The average molecular weight is 691 g/mol. The monoisotopic (exact) mass is 690 g/mol. The van der Waals surface area contributed by atoms with Crippen molar-refractivity contribution in [2.24, 2.45) is 0 Å². The largest absolute Gasteiger partial charge is 0.378 e. The maximum absolute atomic E-state index is 12.8. The normalized spacial score (nSPS) is 19.9. The van der Waals surface area contributed by atoms with Crippen molar-refractivity contribution in [2.75, 3.05) is 60.8 Å². The van der Waals surface area contributed by atoms with E-state index < -0.39 is 0 Å². The minimum atomic E-state index is -0.175. The molecule has 3 aliphatic rings. The Labute approximate surface area is 286 Å². The Morgan fingerprint density at radius 1 is 0.729 bits per heavy atom. The second kappa shape index (κ2) is 14.6. The van der Waals surface area contributed by atoms with Gasteiger partial charge in [-0.3, -0.25) is 9.59 Å². The number of carbonyl (C=O) groups is 2. The highest BCUT2D eigenvalue weighted by atomic mass is 32.1. The van der Waals surface area contributed by atoms with Crippen LogP contribution in [-0.4, -0.2) is 94.8 Å². The molecule has 2 saturated heterocycles. The van der Waals surface area contributed by atoms with Crippen LogP contribution in [0.15, 0.2) is 36.4 Å². The molecule has 14 nitrogen and oxygen atoms in total. The summed E-state index contributed by atoms with van der Waals surface area (Å²) in [7, 11) is 3.43. The van der Waals surface area contributed by atoms with Gasteiger partial charge in [0.2, 0.25) is 22.1 Å². The van der Waals surface area contributed by atoms with Crippen LogP contribution in [-0.2, 0) is 31.9 Å². The average Bonchev–Trinajstić information content (AvgIpc) is 3.70. The van der Waals surface area contributed by atoms with Crippen LogP contribution in [0.2, 0.25) is 0 Å². The second-order valence-electron chi connectivity index (χ2n) is 12.4. The molecule has 1 aliphatic carbocycles. The van der Waals surface area contributed by atoms with E-state index in [1.807, 2.05) is 36.4 Å². The first-order valence-corrected chi connectivity index (χ1v) is 17.8. The molecule has 1 saturated carbocycles. The molecule has 2 atom stereocenters. The number of methoxy groups -OCH3 is 2. The molecule has 16 heteroatoms. The van der Waals surface area contributed by atoms with Crippen molar-refractivity contribution in [2.45, 2.75) is 62.6 Å². The lowest BCUT2D eigenvalue weighted by atomic mass is 9.82. The molecule has 0 bridgehead atoms. The van der Waals surface area contributed by atoms with Gasteiger partial charge in [-0.2, -0.15) is 0 Å². The Kier molecular flexibility index (Phi) is 9.83. The summed E-state index contributed by atoms with van der Waals surface area (Å²) in [4.78, 5) is 39.2. The number of pyridine rings is 2. The number of carbonyl (C=O) groups excluding carboxylic acids is 2. The molecule has 0 aromatic carbocycles. The van der Waals surface area contributed by atoms with Crippen molar-refractivity contribution >= 4 is 56.4 Å². The van der Waals surface area contributed by atoms with Crippen LogP contribution in [0.3, 0.4) is 0 Å². The molecule has 0 radical (unpaired) electrons. The van der Waals surface area contributed by atoms with Gasteiger partial charge in [-0.25, -0.2) is 9.97 Å². The zero-order valence-corrected chi connectivity index (χ0v) is 28.5. The third-order valence-electron chi connectivity index (χ3n) is 9.02. The van der Waals surface area contributed by atoms with E-state index in [0.29, 0.717) is 21.7 Å². The fourth-order valence-electron chi connectivity index (χ4n) is 6.23. The third kappa shape index (κ3) is 7.61. The quantitative estimate of drug-likeness (QED) is 0.223. The summed E-state index contributed by atoms with van der Waals surface area (Å²) in [6.07, 6.45) is 4.64. The van der Waals surface area contributed by atoms with E-state index >= 15 is 0 Å². The fraction of sp³-hybridized carbons (Fsp3) is 0.500. The molecule has 2 aliphatic heterocycles. The van der Waals surface area contributed by atoms with Gasteiger partial charge in [-0.1, -0.05) is 41.2 Å². The number of ether oxygens (including phenoxy) is 2. The molecule has 2 N–H and O–H groups in total. The van der Waals surface area contributed by atoms with Crippen LogP contribution in [0.25, 0.3) is 0 Å². The summed E-state index contributed by atoms with van der Waals surface area (Å²) in [6.45, 7) is 3.20. The van der Waals surface area contributed by atoms with Gasteiger partial charge in [0, 0.05) is 52.2 Å². The number of rotatable bonds is 12. The molecule has 6 heterocycles. The molecule has 1 unspecified atom stereocenters. The van der Waals surface area contributed by atoms with Crippen molar-refractivity contribution in [3.05, 3.63) is 57.8 Å². The van der Waals surface area contributed by atoms with Gasteiger partial charge >= 0.3 is 0 Å². The SMILES string of the molecule is COC1CN(c2cccc(CC(=O)Nc3nnc(C4CCC[C@H](c5nnc(NC(=O)Cc6cccc(N7CC(OC)C7)n6)s5)C4)s3)n2)C1. The van der Waals surface area contributed by atoms with E-state index in [0.717, 1.165) is 73.5 Å². The van der Waals surface area contributed by atoms with Crippen molar-refractivity contribution in [3.8, 4) is 0 Å². The van der Waals surface area contributed by atoms with Crippen LogP contribution in [0, 0.1) is 0 Å². The van der Waals surface area contributed by atoms with Gasteiger partial charge in [-0.05, 0) is 43.5 Å². The number of nitrogens with one attached hydrogen (secondary N) is 2. The molecule has 0 spiro atoms. The zero-order chi connectivity index (χ0) is 33.0. The summed E-state index contributed by atoms with van der Waals surface area (Å²) in [5, 5.41) is 26.0. The number of nitrogens with zero attached hydrogens (tertiary/aromatic N) is 8. The summed E-state index contributed by atoms with van der Waals surface area (Å²) in [5.41, 5.74) is 1.40. The summed E-state index contributed by atoms with van der Waals surface area (Å²) in [6, 6.07) is 11.5. The maximum Gasteiger partial charge on any atom is 0.232 e. The highest BCUT2D eigenvalue weighted by molar-refractivity contribution is 7.15. The number of hydrogen-bond acceptors (Lipinski definition) is 14. The summed E-state index contributed by atoms with van der Waals surface area (Å²) < 4.78 is 10.7. The lowest BCUT2D eigenvalue weighted by Crippen LogP contribution is -2.52. The first kappa shape index (κ1) is 32.4. The van der Waals surface area contributed by atoms with Gasteiger partial charge in [-0.15, -0.1) is 20.4 Å². The Hall–Kier alpha value is -4.12. The maximum atomic E-state index is 12.8. The Morgan fingerprint density at radius 2 is 1.19 bits per heavy atom. The minimum Gasteiger partial charge on any atom is -0.378 e. The van der Waals surface area contributed by atoms with Gasteiger partial charge in [0.1, 0.15) is 21.7 Å². The van der Waals surface area contributed by atoms with Crippen molar-refractivity contribution in [3.63, 3.8) is 0 Å². The highest BCUT2D eigenvalue weighted by Crippen LogP contribution is 2.43. The van der Waals surface area contributed by atoms with Crippen LogP contribution in [0.5, 0.6) is 0 Å². The summed E-state index contributed by atoms with van der Waals surface area (Å²) >= 11 is 2.84. The molecular formula is C32H38N10O4S2. The number of hydrogen-bond donors (Lipinski definition) is 2. The van der Waals surface area contributed by atoms with E-state index in [1.54, 1.807) is 14.2 Å². The van der Waals surface area contributed by atoms with Gasteiger partial charge < -0.3 is 29.9 Å². The van der Waals surface area contributed by atoms with Crippen molar-refractivity contribution < 1.29 is 19.1 Å². The van der Waals surface area contributed by atoms with Crippen LogP contribution in [0.1, 0.15) is 58.9 Å². The van der Waals surface area contributed by atoms with Crippen LogP contribution >= 0.6 is 22.7 Å². The number of amides is 2. The molecule has 2 amide bonds. The Morgan fingerprint density at radius 3 is 1.62 bits per heavy atom. The van der Waals surface area contributed by atoms with Crippen molar-refractivity contribution in [1.82, 2.24) is 30.4 Å². The van der Waals surface area contributed by atoms with E-state index in [4.69, 9.17) is 9.47 Å². The van der Waals surface area contributed by atoms with Gasteiger partial charge in [0.05, 0.1) is 36.4 Å². The predicted molar refractivity (Wildman–Crippen MR) is 183 cm³/mol. The van der Waals surface area contributed by atoms with E-state index in [-0.39, 0.29) is 48.7 Å². The highest BCUT2D eigenvalue weighted by Gasteiger charge is 2.31. The molecule has 7 rings (SSSR count).